The van der Waals surface area contributed by atoms with E-state index < -0.39 is 5.91 Å². The highest BCUT2D eigenvalue weighted by molar-refractivity contribution is 14.1. The van der Waals surface area contributed by atoms with Gasteiger partial charge < -0.3 is 10.6 Å². The van der Waals surface area contributed by atoms with E-state index in [4.69, 9.17) is 0 Å². The second-order valence-electron chi connectivity index (χ2n) is 3.62. The molecule has 0 aliphatic rings. The maximum absolute atomic E-state index is 13.0. The molecule has 98 valence electrons. The second-order valence-corrected chi connectivity index (χ2v) is 4.78. The Kier molecular flexibility index (Phi) is 4.25. The number of nitrogens with zero attached hydrogens (tertiary/aromatic N) is 2. The van der Waals surface area contributed by atoms with Gasteiger partial charge in [0.2, 0.25) is 0 Å². The number of anilines is 2. The summed E-state index contributed by atoms with van der Waals surface area (Å²) in [7, 11) is 1.69. The van der Waals surface area contributed by atoms with Crippen molar-refractivity contribution in [2.24, 2.45) is 0 Å². The molecule has 0 atom stereocenters. The van der Waals surface area contributed by atoms with Gasteiger partial charge in [0.1, 0.15) is 17.3 Å². The second kappa shape index (κ2) is 5.91. The number of amides is 1. The van der Waals surface area contributed by atoms with E-state index in [1.54, 1.807) is 7.05 Å². The molecule has 0 saturated heterocycles. The van der Waals surface area contributed by atoms with Crippen LogP contribution < -0.4 is 10.6 Å². The van der Waals surface area contributed by atoms with Crippen molar-refractivity contribution >= 4 is 40.0 Å². The molecule has 0 saturated carbocycles. The van der Waals surface area contributed by atoms with Gasteiger partial charge in [-0.1, -0.05) is 0 Å². The Morgan fingerprint density at radius 1 is 1.37 bits per heavy atom. The molecule has 1 heterocycles. The normalized spacial score (nSPS) is 10.1. The Bertz CT molecular complexity index is 620. The molecule has 2 rings (SSSR count). The summed E-state index contributed by atoms with van der Waals surface area (Å²) in [5.74, 6) is -0.241. The van der Waals surface area contributed by atoms with E-state index in [1.807, 2.05) is 22.6 Å². The van der Waals surface area contributed by atoms with Crippen LogP contribution in [-0.4, -0.2) is 22.9 Å². The molecule has 1 amide bonds. The van der Waals surface area contributed by atoms with Crippen LogP contribution in [0.5, 0.6) is 0 Å². The van der Waals surface area contributed by atoms with Crippen LogP contribution in [-0.2, 0) is 0 Å². The molecule has 5 nitrogen and oxygen atoms in total. The number of hydrogen-bond acceptors (Lipinski definition) is 4. The largest absolute Gasteiger partial charge is 0.372 e. The van der Waals surface area contributed by atoms with Crippen molar-refractivity contribution in [1.82, 2.24) is 9.97 Å². The highest BCUT2D eigenvalue weighted by Gasteiger charge is 2.11. The number of aromatic nitrogens is 2. The molecular formula is C12H10FIN4O. The predicted molar refractivity (Wildman–Crippen MR) is 78.6 cm³/mol. The highest BCUT2D eigenvalue weighted by Crippen LogP contribution is 2.19. The fraction of sp³-hybridized carbons (Fsp3) is 0.0833. The van der Waals surface area contributed by atoms with Gasteiger partial charge in [-0.2, -0.15) is 0 Å². The fourth-order valence-electron chi connectivity index (χ4n) is 1.37. The number of rotatable bonds is 3. The summed E-state index contributed by atoms with van der Waals surface area (Å²) in [6.07, 6.45) is 2.88. The standard InChI is InChI=1S/C12H10FIN4O/c1-15-11-6-16-5-10(17-11)12(19)18-9-3-2-7(13)4-8(9)14/h2-6H,1H3,(H,15,17)(H,18,19). The third-order valence-electron chi connectivity index (χ3n) is 2.30. The van der Waals surface area contributed by atoms with Gasteiger partial charge in [-0.3, -0.25) is 9.78 Å². The minimum absolute atomic E-state index is 0.187. The van der Waals surface area contributed by atoms with Gasteiger partial charge in [-0.05, 0) is 40.8 Å². The third-order valence-corrected chi connectivity index (χ3v) is 3.20. The Morgan fingerprint density at radius 3 is 2.84 bits per heavy atom. The monoisotopic (exact) mass is 372 g/mol. The van der Waals surface area contributed by atoms with Crippen molar-refractivity contribution < 1.29 is 9.18 Å². The van der Waals surface area contributed by atoms with Crippen molar-refractivity contribution in [1.29, 1.82) is 0 Å². The summed E-state index contributed by atoms with van der Waals surface area (Å²) >= 11 is 1.95. The SMILES string of the molecule is CNc1cncc(C(=O)Nc2ccc(F)cc2I)n1. The van der Waals surface area contributed by atoms with E-state index in [2.05, 4.69) is 20.6 Å². The molecule has 19 heavy (non-hydrogen) atoms. The zero-order valence-corrected chi connectivity index (χ0v) is 12.1. The minimum atomic E-state index is -0.394. The van der Waals surface area contributed by atoms with Crippen molar-refractivity contribution in [3.63, 3.8) is 0 Å². The van der Waals surface area contributed by atoms with Gasteiger partial charge in [0.15, 0.2) is 0 Å². The van der Waals surface area contributed by atoms with Crippen molar-refractivity contribution in [3.8, 4) is 0 Å². The molecule has 1 aromatic heterocycles. The van der Waals surface area contributed by atoms with Gasteiger partial charge in [0.05, 0.1) is 18.1 Å². The third kappa shape index (κ3) is 3.37. The van der Waals surface area contributed by atoms with Crippen LogP contribution in [0.2, 0.25) is 0 Å². The summed E-state index contributed by atoms with van der Waals surface area (Å²) in [4.78, 5) is 20.0. The summed E-state index contributed by atoms with van der Waals surface area (Å²) < 4.78 is 13.6. The molecule has 0 fully saturated rings. The maximum atomic E-state index is 13.0. The van der Waals surface area contributed by atoms with Gasteiger partial charge >= 0.3 is 0 Å². The van der Waals surface area contributed by atoms with E-state index in [9.17, 15) is 9.18 Å². The Morgan fingerprint density at radius 2 is 2.16 bits per heavy atom. The Hall–Kier alpha value is -1.77. The first kappa shape index (κ1) is 13.7. The van der Waals surface area contributed by atoms with Crippen LogP contribution in [0.3, 0.4) is 0 Å². The van der Waals surface area contributed by atoms with Crippen LogP contribution in [0, 0.1) is 9.39 Å². The number of nitrogens with one attached hydrogen (secondary N) is 2. The highest BCUT2D eigenvalue weighted by atomic mass is 127. The van der Waals surface area contributed by atoms with E-state index in [0.29, 0.717) is 15.1 Å². The quantitative estimate of drug-likeness (QED) is 0.813. The van der Waals surface area contributed by atoms with E-state index in [1.165, 1.54) is 30.6 Å². The smallest absolute Gasteiger partial charge is 0.275 e. The Labute approximate surface area is 122 Å². The lowest BCUT2D eigenvalue weighted by Crippen LogP contribution is -2.15. The van der Waals surface area contributed by atoms with Crippen LogP contribution in [0.1, 0.15) is 10.5 Å². The van der Waals surface area contributed by atoms with Crippen molar-refractivity contribution in [2.75, 3.05) is 17.7 Å². The first-order valence-electron chi connectivity index (χ1n) is 5.36. The van der Waals surface area contributed by atoms with Gasteiger partial charge in [0.25, 0.3) is 5.91 Å². The molecule has 0 radical (unpaired) electrons. The van der Waals surface area contributed by atoms with Gasteiger partial charge in [-0.25, -0.2) is 9.37 Å². The first-order valence-corrected chi connectivity index (χ1v) is 6.44. The predicted octanol–water partition coefficient (Wildman–Crippen LogP) is 2.51. The molecule has 1 aromatic carbocycles. The molecule has 7 heteroatoms. The molecular weight excluding hydrogens is 362 g/mol. The van der Waals surface area contributed by atoms with Crippen molar-refractivity contribution in [2.45, 2.75) is 0 Å². The summed E-state index contributed by atoms with van der Waals surface area (Å²) in [5.41, 5.74) is 0.718. The number of carbonyl (C=O) groups excluding carboxylic acids is 1. The number of benzene rings is 1. The molecule has 0 aliphatic carbocycles. The first-order chi connectivity index (χ1) is 9.10. The summed E-state index contributed by atoms with van der Waals surface area (Å²) in [6.45, 7) is 0. The van der Waals surface area contributed by atoms with Crippen LogP contribution in [0.25, 0.3) is 0 Å². The fourth-order valence-corrected chi connectivity index (χ4v) is 1.99. The molecule has 0 aliphatic heterocycles. The van der Waals surface area contributed by atoms with Gasteiger partial charge in [-0.15, -0.1) is 0 Å². The lowest BCUT2D eigenvalue weighted by molar-refractivity contribution is 0.102. The minimum Gasteiger partial charge on any atom is -0.372 e. The summed E-state index contributed by atoms with van der Waals surface area (Å²) in [5, 5.41) is 5.46. The van der Waals surface area contributed by atoms with E-state index in [-0.39, 0.29) is 11.5 Å². The molecule has 0 bridgehead atoms. The molecule has 2 aromatic rings. The van der Waals surface area contributed by atoms with Gasteiger partial charge in [0, 0.05) is 10.6 Å². The lowest BCUT2D eigenvalue weighted by Gasteiger charge is -2.07. The average Bonchev–Trinajstić information content (AvgIpc) is 2.42. The van der Waals surface area contributed by atoms with Crippen LogP contribution in [0.15, 0.2) is 30.6 Å². The van der Waals surface area contributed by atoms with Crippen LogP contribution in [0.4, 0.5) is 15.9 Å². The maximum Gasteiger partial charge on any atom is 0.275 e. The molecule has 0 spiro atoms. The number of hydrogen-bond donors (Lipinski definition) is 2. The molecule has 2 N–H and O–H groups in total. The molecule has 0 unspecified atom stereocenters. The zero-order chi connectivity index (χ0) is 13.8. The zero-order valence-electron chi connectivity index (χ0n) is 9.95. The number of carbonyl (C=O) groups is 1. The lowest BCUT2D eigenvalue weighted by atomic mass is 10.3. The van der Waals surface area contributed by atoms with Crippen molar-refractivity contribution in [3.05, 3.63) is 45.7 Å². The van der Waals surface area contributed by atoms with E-state index >= 15 is 0 Å². The topological polar surface area (TPSA) is 66.9 Å². The Balaban J connectivity index is 2.20. The average molecular weight is 372 g/mol. The summed E-state index contributed by atoms with van der Waals surface area (Å²) in [6, 6.07) is 4.13. The van der Waals surface area contributed by atoms with Crippen LogP contribution >= 0.6 is 22.6 Å². The van der Waals surface area contributed by atoms with E-state index in [0.717, 1.165) is 0 Å². The number of halogens is 2.